The Hall–Kier alpha value is -2.87. The first-order chi connectivity index (χ1) is 13.3. The van der Waals surface area contributed by atoms with E-state index in [0.717, 1.165) is 30.6 Å². The van der Waals surface area contributed by atoms with Gasteiger partial charge < -0.3 is 19.7 Å². The van der Waals surface area contributed by atoms with Crippen LogP contribution in [0.4, 0.5) is 11.4 Å². The number of rotatable bonds is 10. The smallest absolute Gasteiger partial charge is 0.229 e. The van der Waals surface area contributed by atoms with Crippen LogP contribution in [-0.2, 0) is 10.0 Å². The van der Waals surface area contributed by atoms with Crippen molar-refractivity contribution in [2.24, 2.45) is 0 Å². The Morgan fingerprint density at radius 2 is 1.64 bits per heavy atom. The molecule has 0 radical (unpaired) electrons. The molecule has 0 aliphatic carbocycles. The molecule has 0 fully saturated rings. The Bertz CT molecular complexity index is 896. The molecule has 0 spiro atoms. The molecule has 0 amide bonds. The van der Waals surface area contributed by atoms with E-state index < -0.39 is 10.0 Å². The van der Waals surface area contributed by atoms with Gasteiger partial charge in [-0.15, -0.1) is 0 Å². The van der Waals surface area contributed by atoms with E-state index in [1.807, 2.05) is 49.7 Å². The van der Waals surface area contributed by atoms with E-state index in [-0.39, 0.29) is 0 Å². The van der Waals surface area contributed by atoms with Crippen LogP contribution >= 0.6 is 0 Å². The molecule has 0 saturated heterocycles. The number of hydrogen-bond donors (Lipinski definition) is 2. The molecule has 2 aromatic rings. The molecule has 0 unspecified atom stereocenters. The third-order valence-electron chi connectivity index (χ3n) is 3.91. The molecule has 0 aromatic heterocycles. The zero-order chi connectivity index (χ0) is 20.6. The fraction of sp³-hybridized carbons (Fsp3) is 0.300. The number of sulfonamides is 1. The first-order valence-electron chi connectivity index (χ1n) is 8.73. The fourth-order valence-electron chi connectivity index (χ4n) is 2.49. The number of methoxy groups -OCH3 is 2. The number of anilines is 2. The first-order valence-corrected chi connectivity index (χ1v) is 10.6. The van der Waals surface area contributed by atoms with Gasteiger partial charge in [-0.2, -0.15) is 0 Å². The van der Waals surface area contributed by atoms with Gasteiger partial charge in [-0.1, -0.05) is 6.07 Å². The summed E-state index contributed by atoms with van der Waals surface area (Å²) in [5, 5.41) is 3.31. The number of nitrogens with zero attached hydrogens (tertiary/aromatic N) is 1. The molecule has 0 heterocycles. The van der Waals surface area contributed by atoms with Gasteiger partial charge in [0.05, 0.1) is 20.5 Å². The average molecular weight is 406 g/mol. The van der Waals surface area contributed by atoms with Crippen LogP contribution in [0.15, 0.2) is 48.7 Å². The largest absolute Gasteiger partial charge is 0.493 e. The van der Waals surface area contributed by atoms with Gasteiger partial charge in [-0.25, -0.2) is 8.42 Å². The molecule has 0 aliphatic heterocycles. The van der Waals surface area contributed by atoms with Crippen molar-refractivity contribution in [2.45, 2.75) is 0 Å². The normalized spacial score (nSPS) is 11.3. The van der Waals surface area contributed by atoms with Crippen LogP contribution in [0.2, 0.25) is 0 Å². The van der Waals surface area contributed by atoms with Crippen molar-refractivity contribution in [3.63, 3.8) is 0 Å². The van der Waals surface area contributed by atoms with E-state index in [0.29, 0.717) is 17.2 Å². The van der Waals surface area contributed by atoms with Crippen LogP contribution < -0.4 is 19.5 Å². The maximum atomic E-state index is 11.2. The highest BCUT2D eigenvalue weighted by molar-refractivity contribution is 7.92. The lowest BCUT2D eigenvalue weighted by Crippen LogP contribution is -2.20. The summed E-state index contributed by atoms with van der Waals surface area (Å²) < 4.78 is 35.4. The number of benzene rings is 2. The lowest BCUT2D eigenvalue weighted by molar-refractivity contribution is 0.355. The van der Waals surface area contributed by atoms with Gasteiger partial charge in [0, 0.05) is 31.5 Å². The summed E-state index contributed by atoms with van der Waals surface area (Å²) >= 11 is 0. The van der Waals surface area contributed by atoms with Crippen molar-refractivity contribution >= 4 is 27.5 Å². The van der Waals surface area contributed by atoms with Crippen LogP contribution in [0, 0.1) is 0 Å². The Morgan fingerprint density at radius 1 is 1.00 bits per heavy atom. The molecule has 0 atom stereocenters. The summed E-state index contributed by atoms with van der Waals surface area (Å²) in [6, 6.07) is 12.9. The molecular weight excluding hydrogens is 378 g/mol. The molecule has 28 heavy (non-hydrogen) atoms. The molecule has 0 bridgehead atoms. The Balaban J connectivity index is 1.82. The molecule has 0 saturated carbocycles. The van der Waals surface area contributed by atoms with Gasteiger partial charge in [0.15, 0.2) is 11.5 Å². The zero-order valence-corrected chi connectivity index (χ0v) is 17.4. The van der Waals surface area contributed by atoms with Crippen LogP contribution in [0.3, 0.4) is 0 Å². The number of hydrogen-bond acceptors (Lipinski definition) is 6. The van der Waals surface area contributed by atoms with E-state index in [4.69, 9.17) is 9.47 Å². The summed E-state index contributed by atoms with van der Waals surface area (Å²) in [5.74, 6) is 1.40. The highest BCUT2D eigenvalue weighted by atomic mass is 32.2. The Morgan fingerprint density at radius 3 is 2.25 bits per heavy atom. The summed E-state index contributed by atoms with van der Waals surface area (Å²) in [7, 11) is 1.98. The number of ether oxygens (including phenoxy) is 2. The van der Waals surface area contributed by atoms with Gasteiger partial charge in [0.1, 0.15) is 0 Å². The molecular formula is C20H27N3O4S. The topological polar surface area (TPSA) is 79.9 Å². The van der Waals surface area contributed by atoms with Crippen molar-refractivity contribution in [1.82, 2.24) is 4.90 Å². The summed E-state index contributed by atoms with van der Waals surface area (Å²) in [6.07, 6.45) is 5.14. The summed E-state index contributed by atoms with van der Waals surface area (Å²) in [5.41, 5.74) is 2.49. The van der Waals surface area contributed by atoms with Crippen LogP contribution in [-0.4, -0.2) is 53.9 Å². The molecule has 152 valence electrons. The van der Waals surface area contributed by atoms with E-state index in [9.17, 15) is 8.42 Å². The molecule has 8 heteroatoms. The second-order valence-corrected chi connectivity index (χ2v) is 8.04. The quantitative estimate of drug-likeness (QED) is 0.632. The Kier molecular flexibility index (Phi) is 7.57. The van der Waals surface area contributed by atoms with Crippen molar-refractivity contribution < 1.29 is 17.9 Å². The fourth-order valence-corrected chi connectivity index (χ4v) is 3.06. The SMILES string of the molecule is COc1ccc(C=CN(C)CCNc2ccc(NS(C)(=O)=O)cc2)cc1OC. The Labute approximate surface area is 167 Å². The molecule has 7 nitrogen and oxygen atoms in total. The minimum atomic E-state index is -3.26. The maximum absolute atomic E-state index is 11.2. The predicted octanol–water partition coefficient (Wildman–Crippen LogP) is 3.09. The van der Waals surface area contributed by atoms with E-state index >= 15 is 0 Å². The summed E-state index contributed by atoms with van der Waals surface area (Å²) in [6.45, 7) is 1.54. The van der Waals surface area contributed by atoms with Crippen LogP contribution in [0.1, 0.15) is 5.56 Å². The van der Waals surface area contributed by atoms with E-state index in [1.165, 1.54) is 0 Å². The van der Waals surface area contributed by atoms with Gasteiger partial charge in [0.25, 0.3) is 0 Å². The lowest BCUT2D eigenvalue weighted by atomic mass is 10.2. The molecule has 2 N–H and O–H groups in total. The highest BCUT2D eigenvalue weighted by Gasteiger charge is 2.03. The summed E-state index contributed by atoms with van der Waals surface area (Å²) in [4.78, 5) is 2.07. The van der Waals surface area contributed by atoms with Gasteiger partial charge in [-0.3, -0.25) is 4.72 Å². The second-order valence-electron chi connectivity index (χ2n) is 6.29. The average Bonchev–Trinajstić information content (AvgIpc) is 2.66. The zero-order valence-electron chi connectivity index (χ0n) is 16.6. The monoisotopic (exact) mass is 405 g/mol. The third kappa shape index (κ3) is 7.03. The molecule has 2 aromatic carbocycles. The standard InChI is InChI=1S/C20H27N3O4S/c1-23(13-11-16-5-10-19(26-2)20(15-16)27-3)14-12-21-17-6-8-18(9-7-17)22-28(4,24)25/h5-11,13,15,21-22H,12,14H2,1-4H3. The number of nitrogens with one attached hydrogen (secondary N) is 2. The van der Waals surface area contributed by atoms with E-state index in [2.05, 4.69) is 14.9 Å². The first kappa shape index (κ1) is 21.4. The maximum Gasteiger partial charge on any atom is 0.229 e. The highest BCUT2D eigenvalue weighted by Crippen LogP contribution is 2.28. The van der Waals surface area contributed by atoms with Gasteiger partial charge in [0.2, 0.25) is 10.0 Å². The minimum Gasteiger partial charge on any atom is -0.493 e. The van der Waals surface area contributed by atoms with E-state index in [1.54, 1.807) is 26.4 Å². The van der Waals surface area contributed by atoms with Crippen LogP contribution in [0.25, 0.3) is 6.08 Å². The van der Waals surface area contributed by atoms with Crippen molar-refractivity contribution in [2.75, 3.05) is 50.7 Å². The number of likely N-dealkylation sites (N-methyl/N-ethyl adjacent to an activating group) is 1. The van der Waals surface area contributed by atoms with Gasteiger partial charge >= 0.3 is 0 Å². The van der Waals surface area contributed by atoms with Gasteiger partial charge in [-0.05, 0) is 54.2 Å². The van der Waals surface area contributed by atoms with Crippen LogP contribution in [0.5, 0.6) is 11.5 Å². The molecule has 0 aliphatic rings. The second kappa shape index (κ2) is 9.89. The minimum absolute atomic E-state index is 0.544. The van der Waals surface area contributed by atoms with Crippen molar-refractivity contribution in [1.29, 1.82) is 0 Å². The van der Waals surface area contributed by atoms with Crippen molar-refractivity contribution in [3.05, 3.63) is 54.2 Å². The third-order valence-corrected chi connectivity index (χ3v) is 4.52. The molecule has 2 rings (SSSR count). The van der Waals surface area contributed by atoms with Crippen molar-refractivity contribution in [3.8, 4) is 11.5 Å². The lowest BCUT2D eigenvalue weighted by Gasteiger charge is -2.15. The predicted molar refractivity (Wildman–Crippen MR) is 115 cm³/mol.